The third kappa shape index (κ3) is 12.4. The maximum absolute atomic E-state index is 9.75. The molecule has 0 fully saturated rings. The van der Waals surface area contributed by atoms with Crippen LogP contribution in [0.1, 0.15) is 40.5 Å². The van der Waals surface area contributed by atoms with E-state index >= 15 is 0 Å². The molecule has 1 heterocycles. The van der Waals surface area contributed by atoms with Crippen LogP contribution in [0.2, 0.25) is 6.04 Å². The van der Waals surface area contributed by atoms with Crippen LogP contribution in [0.3, 0.4) is 0 Å². The molecule has 0 spiro atoms. The van der Waals surface area contributed by atoms with Crippen LogP contribution >= 0.6 is 0 Å². The first kappa shape index (κ1) is 25.1. The number of imidazole rings is 1. The molecule has 0 amide bonds. The highest BCUT2D eigenvalue weighted by Crippen LogP contribution is 2.17. The zero-order valence-corrected chi connectivity index (χ0v) is 17.1. The van der Waals surface area contributed by atoms with E-state index < -0.39 is 16.1 Å². The largest absolute Gasteiger partial charge is 0.673 e. The van der Waals surface area contributed by atoms with Crippen molar-refractivity contribution >= 4 is 16.1 Å². The van der Waals surface area contributed by atoms with Crippen LogP contribution in [-0.4, -0.2) is 40.4 Å². The van der Waals surface area contributed by atoms with E-state index in [1.54, 1.807) is 0 Å². The maximum atomic E-state index is 9.75. The third-order valence-corrected chi connectivity index (χ3v) is 6.31. The van der Waals surface area contributed by atoms with Crippen molar-refractivity contribution in [2.75, 3.05) is 19.8 Å². The fourth-order valence-corrected chi connectivity index (χ4v) is 4.85. The van der Waals surface area contributed by atoms with Crippen LogP contribution in [0, 0.1) is 0 Å². The minimum atomic E-state index is -6.00. The van der Waals surface area contributed by atoms with Crippen molar-refractivity contribution in [2.45, 2.75) is 59.7 Å². The van der Waals surface area contributed by atoms with Gasteiger partial charge in [-0.3, -0.25) is 0 Å². The fourth-order valence-electron chi connectivity index (χ4n) is 2.31. The summed E-state index contributed by atoms with van der Waals surface area (Å²) in [6.45, 7) is 12.0. The summed E-state index contributed by atoms with van der Waals surface area (Å²) in [7, 11) is -8.52. The zero-order chi connectivity index (χ0) is 20.1. The van der Waals surface area contributed by atoms with Crippen molar-refractivity contribution in [3.8, 4) is 0 Å². The highest BCUT2D eigenvalue weighted by atomic mass is 28.4. The van der Waals surface area contributed by atoms with Gasteiger partial charge in [0.25, 0.3) is 0 Å². The molecule has 26 heavy (non-hydrogen) atoms. The molecule has 1 rings (SSSR count). The van der Waals surface area contributed by atoms with Crippen LogP contribution in [0.25, 0.3) is 0 Å². The highest BCUT2D eigenvalue weighted by Gasteiger charge is 2.40. The molecule has 0 N–H and O–H groups in total. The van der Waals surface area contributed by atoms with Crippen molar-refractivity contribution < 1.29 is 35.1 Å². The Bertz CT molecular complexity index is 455. The van der Waals surface area contributed by atoms with E-state index in [-0.39, 0.29) is 0 Å². The minimum Gasteiger partial charge on any atom is -0.418 e. The van der Waals surface area contributed by atoms with Crippen molar-refractivity contribution in [1.29, 1.82) is 0 Å². The van der Waals surface area contributed by atoms with Gasteiger partial charge in [0.2, 0.25) is 6.33 Å². The molecule has 0 unspecified atom stereocenters. The van der Waals surface area contributed by atoms with Crippen LogP contribution < -0.4 is 4.57 Å². The summed E-state index contributed by atoms with van der Waals surface area (Å²) in [5.74, 6) is 0. The molecular formula is C15H31BF4N2O3Si. The van der Waals surface area contributed by atoms with E-state index in [1.165, 1.54) is 12.8 Å². The predicted molar refractivity (Wildman–Crippen MR) is 95.2 cm³/mol. The van der Waals surface area contributed by atoms with Gasteiger partial charge in [0.05, 0.1) is 19.1 Å². The molecule has 0 bridgehead atoms. The first-order valence-electron chi connectivity index (χ1n) is 9.03. The average Bonchev–Trinajstić information content (AvgIpc) is 2.98. The molecular weight excluding hydrogens is 371 g/mol. The Hall–Kier alpha value is -0.908. The lowest BCUT2D eigenvalue weighted by atomic mass is 10.3. The molecule has 0 radical (unpaired) electrons. The summed E-state index contributed by atoms with van der Waals surface area (Å²) in [6, 6.07) is 0.810. The van der Waals surface area contributed by atoms with E-state index in [0.29, 0.717) is 19.8 Å². The van der Waals surface area contributed by atoms with Crippen LogP contribution in [-0.2, 0) is 26.4 Å². The van der Waals surface area contributed by atoms with Crippen LogP contribution in [0.4, 0.5) is 17.3 Å². The lowest BCUT2D eigenvalue weighted by molar-refractivity contribution is -0.696. The molecule has 0 aliphatic rings. The second-order valence-corrected chi connectivity index (χ2v) is 8.20. The third-order valence-electron chi connectivity index (χ3n) is 3.29. The minimum absolute atomic E-state index is 0.633. The summed E-state index contributed by atoms with van der Waals surface area (Å²) in [6.07, 6.45) is 8.82. The standard InChI is InChI=1S/C15H31N2O3Si.BF4/c1-5-9-10-16-11-12-17(15-16)13-14-21(18-6-2,19-7-3)20-8-4;2-1(3,4)5/h11-12,15H,5-10,13-14H2,1-4H3;/q+1;-1. The van der Waals surface area contributed by atoms with Gasteiger partial charge in [-0.1, -0.05) is 13.3 Å². The molecule has 0 aromatic carbocycles. The Kier molecular flexibility index (Phi) is 12.8. The van der Waals surface area contributed by atoms with Crippen molar-refractivity contribution in [1.82, 2.24) is 4.57 Å². The van der Waals surface area contributed by atoms with E-state index in [0.717, 1.165) is 19.1 Å². The van der Waals surface area contributed by atoms with Crippen LogP contribution in [0.15, 0.2) is 18.7 Å². The Morgan fingerprint density at radius 3 is 1.88 bits per heavy atom. The number of aromatic nitrogens is 2. The topological polar surface area (TPSA) is 36.5 Å². The van der Waals surface area contributed by atoms with Gasteiger partial charge in [0, 0.05) is 19.8 Å². The summed E-state index contributed by atoms with van der Waals surface area (Å²) in [5.41, 5.74) is 0. The quantitative estimate of drug-likeness (QED) is 0.302. The van der Waals surface area contributed by atoms with E-state index in [9.17, 15) is 17.3 Å². The molecule has 0 atom stereocenters. The van der Waals surface area contributed by atoms with Gasteiger partial charge in [-0.05, 0) is 27.2 Å². The van der Waals surface area contributed by atoms with Gasteiger partial charge in [-0.15, -0.1) is 0 Å². The van der Waals surface area contributed by atoms with Crippen LogP contribution in [0.5, 0.6) is 0 Å². The lowest BCUT2D eigenvalue weighted by Crippen LogP contribution is -2.46. The van der Waals surface area contributed by atoms with Gasteiger partial charge >= 0.3 is 16.1 Å². The molecule has 0 aliphatic heterocycles. The Morgan fingerprint density at radius 2 is 1.46 bits per heavy atom. The Labute approximate surface area is 154 Å². The molecule has 11 heteroatoms. The number of rotatable bonds is 12. The molecule has 1 aromatic rings. The molecule has 5 nitrogen and oxygen atoms in total. The summed E-state index contributed by atoms with van der Waals surface area (Å²) in [5, 5.41) is 0. The van der Waals surface area contributed by atoms with Crippen molar-refractivity contribution in [3.63, 3.8) is 0 Å². The fraction of sp³-hybridized carbons (Fsp3) is 0.800. The van der Waals surface area contributed by atoms with Gasteiger partial charge in [-0.25, -0.2) is 9.13 Å². The molecule has 0 saturated carbocycles. The second-order valence-electron chi connectivity index (χ2n) is 5.47. The summed E-state index contributed by atoms with van der Waals surface area (Å²) in [4.78, 5) is 0. The average molecular weight is 402 g/mol. The van der Waals surface area contributed by atoms with E-state index in [4.69, 9.17) is 13.3 Å². The molecule has 154 valence electrons. The number of unbranched alkanes of at least 4 members (excludes halogenated alkanes) is 1. The number of hydrogen-bond donors (Lipinski definition) is 0. The number of hydrogen-bond acceptors (Lipinski definition) is 3. The normalized spacial score (nSPS) is 12.0. The number of aryl methyl sites for hydroxylation is 2. The smallest absolute Gasteiger partial charge is 0.418 e. The number of nitrogens with zero attached hydrogens (tertiary/aromatic N) is 2. The summed E-state index contributed by atoms with van der Waals surface area (Å²) >= 11 is 0. The second kappa shape index (κ2) is 13.3. The first-order valence-corrected chi connectivity index (χ1v) is 11.0. The molecule has 0 aliphatic carbocycles. The SMILES string of the molecule is CCCC[n+]1ccn(CC[Si](OCC)(OCC)OCC)c1.F[B-](F)(F)F. The first-order chi connectivity index (χ1) is 12.2. The van der Waals surface area contributed by atoms with Gasteiger partial charge in [0.1, 0.15) is 12.4 Å². The molecule has 1 aromatic heterocycles. The predicted octanol–water partition coefficient (Wildman–Crippen LogP) is 3.92. The van der Waals surface area contributed by atoms with Gasteiger partial charge in [0.15, 0.2) is 0 Å². The Balaban J connectivity index is 0.00000110. The Morgan fingerprint density at radius 1 is 0.962 bits per heavy atom. The van der Waals surface area contributed by atoms with Gasteiger partial charge in [-0.2, -0.15) is 0 Å². The maximum Gasteiger partial charge on any atom is 0.673 e. The number of halogens is 4. The zero-order valence-electron chi connectivity index (χ0n) is 16.1. The van der Waals surface area contributed by atoms with Crippen molar-refractivity contribution in [3.05, 3.63) is 18.7 Å². The highest BCUT2D eigenvalue weighted by molar-refractivity contribution is 6.60. The molecule has 0 saturated heterocycles. The summed E-state index contributed by atoms with van der Waals surface area (Å²) < 4.78 is 61.1. The van der Waals surface area contributed by atoms with E-state index in [2.05, 4.69) is 34.8 Å². The monoisotopic (exact) mass is 402 g/mol. The van der Waals surface area contributed by atoms with Gasteiger partial charge < -0.3 is 30.5 Å². The van der Waals surface area contributed by atoms with E-state index in [1.807, 2.05) is 20.8 Å². The van der Waals surface area contributed by atoms with Crippen molar-refractivity contribution in [2.24, 2.45) is 0 Å². The lowest BCUT2D eigenvalue weighted by Gasteiger charge is -2.27.